The van der Waals surface area contributed by atoms with Crippen molar-refractivity contribution in [3.8, 4) is 0 Å². The van der Waals surface area contributed by atoms with Gasteiger partial charge in [-0.15, -0.1) is 11.3 Å². The summed E-state index contributed by atoms with van der Waals surface area (Å²) in [5.74, 6) is -0.140. The first-order chi connectivity index (χ1) is 10.1. The summed E-state index contributed by atoms with van der Waals surface area (Å²) in [6.45, 7) is 2.26. The Labute approximate surface area is 125 Å². The minimum atomic E-state index is -0.410. The van der Waals surface area contributed by atoms with Crippen LogP contribution in [0.2, 0.25) is 0 Å². The molecule has 2 heterocycles. The van der Waals surface area contributed by atoms with Gasteiger partial charge >= 0.3 is 5.63 Å². The molecule has 0 bridgehead atoms. The highest BCUT2D eigenvalue weighted by molar-refractivity contribution is 7.12. The first-order valence-electron chi connectivity index (χ1n) is 6.48. The van der Waals surface area contributed by atoms with E-state index in [4.69, 9.17) is 4.42 Å². The third kappa shape index (κ3) is 2.87. The van der Waals surface area contributed by atoms with Gasteiger partial charge in [0.15, 0.2) is 0 Å². The number of amides is 1. The van der Waals surface area contributed by atoms with Gasteiger partial charge in [0.2, 0.25) is 0 Å². The maximum Gasteiger partial charge on any atom is 0.336 e. The van der Waals surface area contributed by atoms with Crippen LogP contribution in [-0.2, 0) is 6.54 Å². The zero-order valence-electron chi connectivity index (χ0n) is 11.4. The lowest BCUT2D eigenvalue weighted by Gasteiger charge is -2.07. The van der Waals surface area contributed by atoms with Gasteiger partial charge in [0, 0.05) is 18.0 Å². The van der Waals surface area contributed by atoms with E-state index in [0.717, 1.165) is 16.5 Å². The number of fused-ring (bicyclic) bond motifs is 1. The molecule has 21 heavy (non-hydrogen) atoms. The van der Waals surface area contributed by atoms with E-state index in [-0.39, 0.29) is 5.91 Å². The highest BCUT2D eigenvalue weighted by atomic mass is 32.1. The number of carbonyl (C=O) groups excluding carboxylic acids is 1. The van der Waals surface area contributed by atoms with Crippen molar-refractivity contribution in [2.24, 2.45) is 0 Å². The Hall–Kier alpha value is -2.40. The zero-order chi connectivity index (χ0) is 14.8. The Morgan fingerprint density at radius 1 is 1.29 bits per heavy atom. The molecule has 0 atom stereocenters. The molecule has 0 unspecified atom stereocenters. The van der Waals surface area contributed by atoms with Crippen LogP contribution in [0, 0.1) is 6.92 Å². The fourth-order valence-electron chi connectivity index (χ4n) is 2.16. The minimum absolute atomic E-state index is 0.140. The summed E-state index contributed by atoms with van der Waals surface area (Å²) in [7, 11) is 0. The average Bonchev–Trinajstić information content (AvgIpc) is 2.99. The van der Waals surface area contributed by atoms with Crippen LogP contribution in [-0.4, -0.2) is 5.91 Å². The van der Waals surface area contributed by atoms with E-state index in [1.54, 1.807) is 12.1 Å². The van der Waals surface area contributed by atoms with Crippen molar-refractivity contribution in [2.75, 3.05) is 0 Å². The normalized spacial score (nSPS) is 10.7. The molecule has 0 radical (unpaired) electrons. The van der Waals surface area contributed by atoms with Gasteiger partial charge in [-0.1, -0.05) is 17.7 Å². The Kier molecular flexibility index (Phi) is 3.58. The van der Waals surface area contributed by atoms with Gasteiger partial charge in [-0.2, -0.15) is 0 Å². The highest BCUT2D eigenvalue weighted by Gasteiger charge is 2.09. The van der Waals surface area contributed by atoms with Crippen LogP contribution in [0.25, 0.3) is 11.0 Å². The molecule has 5 heteroatoms. The minimum Gasteiger partial charge on any atom is -0.423 e. The molecule has 1 aromatic carbocycles. The van der Waals surface area contributed by atoms with Crippen molar-refractivity contribution in [3.63, 3.8) is 0 Å². The van der Waals surface area contributed by atoms with Crippen molar-refractivity contribution in [1.29, 1.82) is 0 Å². The van der Waals surface area contributed by atoms with Crippen molar-refractivity contribution in [3.05, 3.63) is 68.2 Å². The zero-order valence-corrected chi connectivity index (χ0v) is 12.2. The van der Waals surface area contributed by atoms with Crippen LogP contribution in [0.4, 0.5) is 0 Å². The maximum absolute atomic E-state index is 12.0. The summed E-state index contributed by atoms with van der Waals surface area (Å²) >= 11 is 1.38. The molecule has 1 amide bonds. The molecular weight excluding hydrogens is 286 g/mol. The van der Waals surface area contributed by atoms with Crippen molar-refractivity contribution < 1.29 is 9.21 Å². The second-order valence-electron chi connectivity index (χ2n) is 4.75. The third-order valence-electron chi connectivity index (χ3n) is 3.17. The van der Waals surface area contributed by atoms with E-state index in [2.05, 4.69) is 5.32 Å². The Morgan fingerprint density at radius 3 is 2.90 bits per heavy atom. The summed E-state index contributed by atoms with van der Waals surface area (Å²) in [5, 5.41) is 5.53. The SMILES string of the molecule is Cc1ccc2oc(=O)cc(CNC(=O)c3cccs3)c2c1. The average molecular weight is 299 g/mol. The number of thiophene rings is 1. The molecule has 1 N–H and O–H groups in total. The number of benzene rings is 1. The second kappa shape index (κ2) is 5.54. The fraction of sp³-hybridized carbons (Fsp3) is 0.125. The van der Waals surface area contributed by atoms with Gasteiger partial charge in [0.25, 0.3) is 5.91 Å². The molecule has 0 aliphatic heterocycles. The molecule has 0 saturated carbocycles. The van der Waals surface area contributed by atoms with Crippen molar-refractivity contribution in [1.82, 2.24) is 5.32 Å². The molecule has 0 spiro atoms. The van der Waals surface area contributed by atoms with Gasteiger partial charge in [0.05, 0.1) is 4.88 Å². The van der Waals surface area contributed by atoms with Gasteiger partial charge in [-0.05, 0) is 36.1 Å². The lowest BCUT2D eigenvalue weighted by molar-refractivity contribution is 0.0955. The molecule has 0 fully saturated rings. The number of aryl methyl sites for hydroxylation is 1. The van der Waals surface area contributed by atoms with Gasteiger partial charge < -0.3 is 9.73 Å². The predicted molar refractivity (Wildman–Crippen MR) is 82.7 cm³/mol. The Balaban J connectivity index is 1.91. The van der Waals surface area contributed by atoms with Crippen LogP contribution in [0.5, 0.6) is 0 Å². The summed E-state index contributed by atoms with van der Waals surface area (Å²) in [6, 6.07) is 10.6. The molecule has 3 aromatic rings. The lowest BCUT2D eigenvalue weighted by atomic mass is 10.1. The van der Waals surface area contributed by atoms with Gasteiger partial charge in [-0.3, -0.25) is 4.79 Å². The Morgan fingerprint density at radius 2 is 2.14 bits per heavy atom. The van der Waals surface area contributed by atoms with E-state index in [1.165, 1.54) is 17.4 Å². The van der Waals surface area contributed by atoms with E-state index < -0.39 is 5.63 Å². The number of carbonyl (C=O) groups is 1. The fourth-order valence-corrected chi connectivity index (χ4v) is 2.80. The second-order valence-corrected chi connectivity index (χ2v) is 5.70. The molecule has 3 rings (SSSR count). The van der Waals surface area contributed by atoms with Crippen LogP contribution >= 0.6 is 11.3 Å². The largest absolute Gasteiger partial charge is 0.423 e. The molecule has 106 valence electrons. The number of hydrogen-bond acceptors (Lipinski definition) is 4. The van der Waals surface area contributed by atoms with Crippen molar-refractivity contribution >= 4 is 28.2 Å². The third-order valence-corrected chi connectivity index (χ3v) is 4.04. The van der Waals surface area contributed by atoms with E-state index >= 15 is 0 Å². The molecule has 0 aliphatic carbocycles. The molecule has 2 aromatic heterocycles. The summed E-state index contributed by atoms with van der Waals surface area (Å²) in [4.78, 5) is 24.2. The molecule has 4 nitrogen and oxygen atoms in total. The topological polar surface area (TPSA) is 59.3 Å². The number of rotatable bonds is 3. The molecular formula is C16H13NO3S. The van der Waals surface area contributed by atoms with Crippen molar-refractivity contribution in [2.45, 2.75) is 13.5 Å². The number of nitrogens with one attached hydrogen (secondary N) is 1. The summed E-state index contributed by atoms with van der Waals surface area (Å²) < 4.78 is 5.17. The monoisotopic (exact) mass is 299 g/mol. The standard InChI is InChI=1S/C16H13NO3S/c1-10-4-5-13-12(7-10)11(8-15(18)20-13)9-17-16(19)14-3-2-6-21-14/h2-8H,9H2,1H3,(H,17,19). The van der Waals surface area contributed by atoms with Crippen LogP contribution in [0.1, 0.15) is 20.8 Å². The summed E-state index contributed by atoms with van der Waals surface area (Å²) in [6.07, 6.45) is 0. The van der Waals surface area contributed by atoms with Crippen LogP contribution in [0.15, 0.2) is 51.0 Å². The highest BCUT2D eigenvalue weighted by Crippen LogP contribution is 2.18. The van der Waals surface area contributed by atoms with Crippen LogP contribution in [0.3, 0.4) is 0 Å². The first-order valence-corrected chi connectivity index (χ1v) is 7.36. The summed E-state index contributed by atoms with van der Waals surface area (Å²) in [5.41, 5.74) is 1.96. The van der Waals surface area contributed by atoms with E-state index in [9.17, 15) is 9.59 Å². The van der Waals surface area contributed by atoms with Crippen LogP contribution < -0.4 is 10.9 Å². The molecule has 0 saturated heterocycles. The number of hydrogen-bond donors (Lipinski definition) is 1. The first kappa shape index (κ1) is 13.6. The molecule has 0 aliphatic rings. The van der Waals surface area contributed by atoms with E-state index in [1.807, 2.05) is 30.5 Å². The lowest BCUT2D eigenvalue weighted by Crippen LogP contribution is -2.22. The quantitative estimate of drug-likeness (QED) is 0.756. The maximum atomic E-state index is 12.0. The Bertz CT molecular complexity index is 850. The van der Waals surface area contributed by atoms with E-state index in [0.29, 0.717) is 17.0 Å². The van der Waals surface area contributed by atoms with Gasteiger partial charge in [-0.25, -0.2) is 4.79 Å². The predicted octanol–water partition coefficient (Wildman–Crippen LogP) is 3.09. The van der Waals surface area contributed by atoms with Gasteiger partial charge in [0.1, 0.15) is 5.58 Å². The smallest absolute Gasteiger partial charge is 0.336 e.